The summed E-state index contributed by atoms with van der Waals surface area (Å²) in [5.74, 6) is 0.0251. The summed E-state index contributed by atoms with van der Waals surface area (Å²) in [6.07, 6.45) is 0. The van der Waals surface area contributed by atoms with Crippen molar-refractivity contribution in [1.82, 2.24) is 5.32 Å². The van der Waals surface area contributed by atoms with Crippen molar-refractivity contribution in [1.29, 1.82) is 0 Å². The van der Waals surface area contributed by atoms with Crippen molar-refractivity contribution in [2.75, 3.05) is 19.4 Å². The van der Waals surface area contributed by atoms with Gasteiger partial charge in [0.05, 0.1) is 0 Å². The fourth-order valence-corrected chi connectivity index (χ4v) is 2.81. The van der Waals surface area contributed by atoms with E-state index in [1.807, 2.05) is 55.6 Å². The Labute approximate surface area is 205 Å². The summed E-state index contributed by atoms with van der Waals surface area (Å²) in [5.41, 5.74) is 5.46. The number of rotatable bonds is 6. The van der Waals surface area contributed by atoms with Crippen molar-refractivity contribution in [2.45, 2.75) is 48.1 Å². The van der Waals surface area contributed by atoms with E-state index in [-0.39, 0.29) is 18.2 Å². The maximum absolute atomic E-state index is 13.2. The maximum atomic E-state index is 13.2. The molecule has 0 saturated heterocycles. The van der Waals surface area contributed by atoms with E-state index in [0.717, 1.165) is 22.4 Å². The number of hydrogen-bond acceptors (Lipinski definition) is 4. The number of halogens is 1. The van der Waals surface area contributed by atoms with Crippen molar-refractivity contribution in [2.24, 2.45) is 0 Å². The Hall–Kier alpha value is -3.31. The van der Waals surface area contributed by atoms with E-state index in [1.165, 1.54) is 12.1 Å². The average molecular weight is 469 g/mol. The summed E-state index contributed by atoms with van der Waals surface area (Å²) in [6, 6.07) is 17.4. The predicted molar refractivity (Wildman–Crippen MR) is 145 cm³/mol. The zero-order valence-corrected chi connectivity index (χ0v) is 21.9. The summed E-state index contributed by atoms with van der Waals surface area (Å²) in [5, 5.41) is 16.2. The van der Waals surface area contributed by atoms with Crippen LogP contribution in [0.25, 0.3) is 5.70 Å². The second-order valence-corrected chi connectivity index (χ2v) is 7.02. The van der Waals surface area contributed by atoms with Gasteiger partial charge in [-0.3, -0.25) is 0 Å². The van der Waals surface area contributed by atoms with Crippen LogP contribution in [0.4, 0.5) is 10.1 Å². The summed E-state index contributed by atoms with van der Waals surface area (Å²) >= 11 is 0. The van der Waals surface area contributed by atoms with Gasteiger partial charge in [0.1, 0.15) is 12.4 Å². The van der Waals surface area contributed by atoms with Crippen molar-refractivity contribution in [3.05, 3.63) is 95.3 Å². The normalized spacial score (nSPS) is 9.21. The van der Waals surface area contributed by atoms with Gasteiger partial charge in [-0.2, -0.15) is 0 Å². The number of nitrogens with one attached hydrogen (secondary N) is 2. The molecule has 34 heavy (non-hydrogen) atoms. The van der Waals surface area contributed by atoms with E-state index in [9.17, 15) is 9.50 Å². The second kappa shape index (κ2) is 17.2. The Morgan fingerprint density at radius 3 is 2.18 bits per heavy atom. The van der Waals surface area contributed by atoms with Gasteiger partial charge in [0, 0.05) is 23.0 Å². The molecule has 3 aromatic carbocycles. The van der Waals surface area contributed by atoms with Gasteiger partial charge in [-0.15, -0.1) is 0 Å². The second-order valence-electron chi connectivity index (χ2n) is 7.02. The molecular weight excluding hydrogens is 427 g/mol. The van der Waals surface area contributed by atoms with E-state index in [4.69, 9.17) is 4.74 Å². The molecule has 3 N–H and O–H groups in total. The van der Waals surface area contributed by atoms with Crippen LogP contribution in [0.5, 0.6) is 11.5 Å². The number of phenols is 1. The summed E-state index contributed by atoms with van der Waals surface area (Å²) in [4.78, 5) is 0. The average Bonchev–Trinajstić information content (AvgIpc) is 2.83. The number of anilines is 1. The van der Waals surface area contributed by atoms with E-state index in [1.54, 1.807) is 30.3 Å². The molecule has 0 atom stereocenters. The predicted octanol–water partition coefficient (Wildman–Crippen LogP) is 7.70. The number of aromatic hydroxyl groups is 1. The number of aryl methyl sites for hydroxylation is 2. The Balaban J connectivity index is 0.00000141. The van der Waals surface area contributed by atoms with Crippen molar-refractivity contribution < 1.29 is 14.2 Å². The summed E-state index contributed by atoms with van der Waals surface area (Å²) in [6.45, 7) is 16.3. The molecule has 5 heteroatoms. The lowest BCUT2D eigenvalue weighted by Crippen LogP contribution is -2.00. The molecule has 0 aliphatic carbocycles. The van der Waals surface area contributed by atoms with Gasteiger partial charge in [-0.25, -0.2) is 4.39 Å². The molecule has 0 radical (unpaired) electrons. The quantitative estimate of drug-likeness (QED) is 0.347. The molecule has 0 fully saturated rings. The van der Waals surface area contributed by atoms with Crippen LogP contribution in [-0.2, 0) is 6.61 Å². The topological polar surface area (TPSA) is 53.5 Å². The van der Waals surface area contributed by atoms with Gasteiger partial charge in [-0.1, -0.05) is 64.1 Å². The van der Waals surface area contributed by atoms with Crippen molar-refractivity contribution in [3.63, 3.8) is 0 Å². The third-order valence-corrected chi connectivity index (χ3v) is 4.26. The first-order chi connectivity index (χ1) is 16.3. The Morgan fingerprint density at radius 2 is 1.59 bits per heavy atom. The number of ether oxygens (including phenoxy) is 1. The lowest BCUT2D eigenvalue weighted by Gasteiger charge is -2.14. The van der Waals surface area contributed by atoms with E-state index < -0.39 is 0 Å². The minimum absolute atomic E-state index is 0.00478. The van der Waals surface area contributed by atoms with E-state index >= 15 is 0 Å². The SMILES string of the molecule is C=C(Nc1ccc(OCc2cccc(F)c2)c(O)c1)c1cc(C)ccc1C.CC.CC.CNC. The highest BCUT2D eigenvalue weighted by molar-refractivity contribution is 5.77. The molecule has 0 aromatic heterocycles. The molecule has 3 rings (SSSR count). The minimum Gasteiger partial charge on any atom is -0.504 e. The Kier molecular flexibility index (Phi) is 15.5. The lowest BCUT2D eigenvalue weighted by atomic mass is 10.0. The standard InChI is InChI=1S/C23H22FNO2.C2H7N.2C2H6/c1-15-7-8-16(2)21(11-15)17(3)25-20-9-10-23(22(26)13-20)27-14-18-5-4-6-19(24)12-18;1-3-2;2*1-2/h4-13,25-26H,3,14H2,1-2H3;3H,1-2H3;2*1-2H3. The summed E-state index contributed by atoms with van der Waals surface area (Å²) < 4.78 is 18.8. The first-order valence-corrected chi connectivity index (χ1v) is 11.7. The molecule has 0 aliphatic heterocycles. The highest BCUT2D eigenvalue weighted by atomic mass is 19.1. The van der Waals surface area contributed by atoms with Crippen LogP contribution in [-0.4, -0.2) is 19.2 Å². The number of hydrogen-bond donors (Lipinski definition) is 3. The molecule has 0 amide bonds. The third-order valence-electron chi connectivity index (χ3n) is 4.26. The highest BCUT2D eigenvalue weighted by Crippen LogP contribution is 2.31. The van der Waals surface area contributed by atoms with Crippen LogP contribution in [0.2, 0.25) is 0 Å². The fraction of sp³-hybridized carbons (Fsp3) is 0.310. The monoisotopic (exact) mass is 468 g/mol. The molecule has 0 saturated carbocycles. The van der Waals surface area contributed by atoms with Crippen LogP contribution >= 0.6 is 0 Å². The van der Waals surface area contributed by atoms with Gasteiger partial charge < -0.3 is 20.5 Å². The molecule has 0 bridgehead atoms. The highest BCUT2D eigenvalue weighted by Gasteiger charge is 2.08. The molecule has 0 unspecified atom stereocenters. The Morgan fingerprint density at radius 1 is 0.941 bits per heavy atom. The van der Waals surface area contributed by atoms with Gasteiger partial charge in [0.2, 0.25) is 0 Å². The molecular formula is C29H41FN2O2. The Bertz CT molecular complexity index is 1000. The van der Waals surface area contributed by atoms with E-state index in [2.05, 4.69) is 35.4 Å². The summed E-state index contributed by atoms with van der Waals surface area (Å²) in [7, 11) is 3.75. The molecule has 3 aromatic rings. The van der Waals surface area contributed by atoms with Crippen LogP contribution in [0.15, 0.2) is 67.2 Å². The van der Waals surface area contributed by atoms with Crippen molar-refractivity contribution in [3.8, 4) is 11.5 Å². The smallest absolute Gasteiger partial charge is 0.161 e. The van der Waals surface area contributed by atoms with Crippen LogP contribution in [0.3, 0.4) is 0 Å². The number of phenolic OH excluding ortho intramolecular Hbond substituents is 1. The van der Waals surface area contributed by atoms with E-state index in [0.29, 0.717) is 17.0 Å². The van der Waals surface area contributed by atoms with Gasteiger partial charge in [0.25, 0.3) is 0 Å². The van der Waals surface area contributed by atoms with Gasteiger partial charge >= 0.3 is 0 Å². The fourth-order valence-electron chi connectivity index (χ4n) is 2.81. The largest absolute Gasteiger partial charge is 0.504 e. The van der Waals surface area contributed by atoms with Gasteiger partial charge in [0.15, 0.2) is 11.5 Å². The zero-order chi connectivity index (χ0) is 26.1. The lowest BCUT2D eigenvalue weighted by molar-refractivity contribution is 0.288. The minimum atomic E-state index is -0.315. The maximum Gasteiger partial charge on any atom is 0.161 e. The number of benzene rings is 3. The first kappa shape index (κ1) is 30.7. The molecule has 4 nitrogen and oxygen atoms in total. The molecule has 0 aliphatic rings. The van der Waals surface area contributed by atoms with Crippen LogP contribution in [0, 0.1) is 19.7 Å². The molecule has 186 valence electrons. The van der Waals surface area contributed by atoms with Crippen molar-refractivity contribution >= 4 is 11.4 Å². The molecule has 0 heterocycles. The van der Waals surface area contributed by atoms with Crippen LogP contribution < -0.4 is 15.4 Å². The zero-order valence-electron chi connectivity index (χ0n) is 21.9. The van der Waals surface area contributed by atoms with Gasteiger partial charge in [-0.05, 0) is 69.4 Å². The molecule has 0 spiro atoms. The third kappa shape index (κ3) is 10.5. The van der Waals surface area contributed by atoms with Crippen LogP contribution in [0.1, 0.15) is 49.9 Å². The first-order valence-electron chi connectivity index (χ1n) is 11.7.